The summed E-state index contributed by atoms with van der Waals surface area (Å²) in [6, 6.07) is 5.88. The maximum absolute atomic E-state index is 11.4. The van der Waals surface area contributed by atoms with Gasteiger partial charge >= 0.3 is 0 Å². The summed E-state index contributed by atoms with van der Waals surface area (Å²) in [6.45, 7) is 2.12. The molecular weight excluding hydrogens is 226 g/mol. The van der Waals surface area contributed by atoms with Gasteiger partial charge in [-0.1, -0.05) is 31.9 Å². The molecule has 0 bridgehead atoms. The molecule has 1 unspecified atom stereocenters. The summed E-state index contributed by atoms with van der Waals surface area (Å²) in [5.41, 5.74) is 3.02. The van der Waals surface area contributed by atoms with Gasteiger partial charge in [-0.3, -0.25) is 4.79 Å². The van der Waals surface area contributed by atoms with Gasteiger partial charge in [-0.05, 0) is 36.5 Å². The summed E-state index contributed by atoms with van der Waals surface area (Å²) >= 11 is 0. The van der Waals surface area contributed by atoms with Crippen LogP contribution in [-0.4, -0.2) is 11.0 Å². The lowest BCUT2D eigenvalue weighted by atomic mass is 9.99. The molecule has 0 aliphatic carbocycles. The Morgan fingerprint density at radius 2 is 2.22 bits per heavy atom. The van der Waals surface area contributed by atoms with Crippen molar-refractivity contribution in [2.75, 3.05) is 5.32 Å². The second kappa shape index (κ2) is 6.01. The zero-order valence-corrected chi connectivity index (χ0v) is 10.9. The van der Waals surface area contributed by atoms with Gasteiger partial charge in [0.05, 0.1) is 6.10 Å². The standard InChI is InChI=1S/C15H21NO2/c1-2-3-6-14(17)12-8-9-13-11(10-12)5-4-7-15(18)16-13/h8-10,14,17H,2-7H2,1H3,(H,16,18). The van der Waals surface area contributed by atoms with E-state index in [0.29, 0.717) is 6.42 Å². The summed E-state index contributed by atoms with van der Waals surface area (Å²) in [7, 11) is 0. The van der Waals surface area contributed by atoms with Crippen LogP contribution in [0.3, 0.4) is 0 Å². The topological polar surface area (TPSA) is 49.3 Å². The number of benzene rings is 1. The molecule has 3 nitrogen and oxygen atoms in total. The monoisotopic (exact) mass is 247 g/mol. The van der Waals surface area contributed by atoms with Crippen molar-refractivity contribution < 1.29 is 9.90 Å². The van der Waals surface area contributed by atoms with Crippen LogP contribution in [0.5, 0.6) is 0 Å². The van der Waals surface area contributed by atoms with Crippen molar-refractivity contribution in [3.63, 3.8) is 0 Å². The molecule has 0 spiro atoms. The first-order valence-corrected chi connectivity index (χ1v) is 6.81. The number of nitrogens with one attached hydrogen (secondary N) is 1. The van der Waals surface area contributed by atoms with Crippen LogP contribution >= 0.6 is 0 Å². The zero-order chi connectivity index (χ0) is 13.0. The Morgan fingerprint density at radius 1 is 1.39 bits per heavy atom. The number of hydrogen-bond acceptors (Lipinski definition) is 2. The van der Waals surface area contributed by atoms with E-state index in [1.54, 1.807) is 0 Å². The van der Waals surface area contributed by atoms with Gasteiger partial charge < -0.3 is 10.4 Å². The normalized spacial score (nSPS) is 16.7. The first-order valence-electron chi connectivity index (χ1n) is 6.81. The van der Waals surface area contributed by atoms with E-state index in [4.69, 9.17) is 0 Å². The van der Waals surface area contributed by atoms with Gasteiger partial charge in [-0.25, -0.2) is 0 Å². The van der Waals surface area contributed by atoms with Crippen LogP contribution < -0.4 is 5.32 Å². The molecule has 1 aliphatic heterocycles. The first-order chi connectivity index (χ1) is 8.70. The fourth-order valence-electron chi connectivity index (χ4n) is 2.37. The Bertz CT molecular complexity index is 429. The third-order valence-electron chi connectivity index (χ3n) is 3.47. The highest BCUT2D eigenvalue weighted by atomic mass is 16.3. The molecule has 1 atom stereocenters. The van der Waals surface area contributed by atoms with Gasteiger partial charge in [0.25, 0.3) is 0 Å². The van der Waals surface area contributed by atoms with E-state index in [9.17, 15) is 9.90 Å². The Balaban J connectivity index is 2.16. The second-order valence-electron chi connectivity index (χ2n) is 4.98. The largest absolute Gasteiger partial charge is 0.388 e. The molecule has 1 heterocycles. The molecule has 0 saturated carbocycles. The van der Waals surface area contributed by atoms with Crippen LogP contribution in [0, 0.1) is 0 Å². The average molecular weight is 247 g/mol. The number of aryl methyl sites for hydroxylation is 1. The van der Waals surface area contributed by atoms with Crippen molar-refractivity contribution in [2.45, 2.75) is 51.6 Å². The van der Waals surface area contributed by atoms with E-state index in [1.807, 2.05) is 18.2 Å². The van der Waals surface area contributed by atoms with E-state index >= 15 is 0 Å². The van der Waals surface area contributed by atoms with Crippen LogP contribution in [0.4, 0.5) is 5.69 Å². The van der Waals surface area contributed by atoms with Gasteiger partial charge in [0.1, 0.15) is 0 Å². The number of unbranched alkanes of at least 4 members (excludes halogenated alkanes) is 1. The van der Waals surface area contributed by atoms with Crippen molar-refractivity contribution in [3.05, 3.63) is 29.3 Å². The van der Waals surface area contributed by atoms with Gasteiger partial charge in [-0.15, -0.1) is 0 Å². The van der Waals surface area contributed by atoms with Crippen molar-refractivity contribution in [1.29, 1.82) is 0 Å². The number of aliphatic hydroxyl groups is 1. The lowest BCUT2D eigenvalue weighted by Crippen LogP contribution is -2.09. The fourth-order valence-corrected chi connectivity index (χ4v) is 2.37. The first kappa shape index (κ1) is 13.1. The smallest absolute Gasteiger partial charge is 0.224 e. The van der Waals surface area contributed by atoms with Gasteiger partial charge in [0, 0.05) is 12.1 Å². The molecule has 0 radical (unpaired) electrons. The van der Waals surface area contributed by atoms with Crippen molar-refractivity contribution in [3.8, 4) is 0 Å². The second-order valence-corrected chi connectivity index (χ2v) is 4.98. The third kappa shape index (κ3) is 3.10. The van der Waals surface area contributed by atoms with Crippen LogP contribution in [0.1, 0.15) is 56.3 Å². The molecule has 1 aliphatic rings. The van der Waals surface area contributed by atoms with Gasteiger partial charge in [0.2, 0.25) is 5.91 Å². The predicted molar refractivity (Wildman–Crippen MR) is 72.5 cm³/mol. The summed E-state index contributed by atoms with van der Waals surface area (Å²) in [6.07, 6.45) is 4.93. The van der Waals surface area contributed by atoms with E-state index in [2.05, 4.69) is 12.2 Å². The number of fused-ring (bicyclic) bond motifs is 1. The molecule has 1 amide bonds. The Kier molecular flexibility index (Phi) is 4.37. The summed E-state index contributed by atoms with van der Waals surface area (Å²) in [4.78, 5) is 11.4. The molecule has 2 N–H and O–H groups in total. The van der Waals surface area contributed by atoms with E-state index in [0.717, 1.165) is 48.9 Å². The van der Waals surface area contributed by atoms with E-state index in [1.165, 1.54) is 0 Å². The zero-order valence-electron chi connectivity index (χ0n) is 10.9. The number of anilines is 1. The highest BCUT2D eigenvalue weighted by Gasteiger charge is 2.15. The molecule has 0 aromatic heterocycles. The molecular formula is C15H21NO2. The van der Waals surface area contributed by atoms with Crippen molar-refractivity contribution >= 4 is 11.6 Å². The van der Waals surface area contributed by atoms with E-state index < -0.39 is 0 Å². The minimum atomic E-state index is -0.380. The number of carbonyl (C=O) groups is 1. The SMILES string of the molecule is CCCCC(O)c1ccc2c(c1)CCCC(=O)N2. The molecule has 0 fully saturated rings. The number of hydrogen-bond donors (Lipinski definition) is 2. The van der Waals surface area contributed by atoms with Crippen LogP contribution in [0.2, 0.25) is 0 Å². The number of aliphatic hydroxyl groups excluding tert-OH is 1. The van der Waals surface area contributed by atoms with Gasteiger partial charge in [-0.2, -0.15) is 0 Å². The lowest BCUT2D eigenvalue weighted by Gasteiger charge is -2.14. The van der Waals surface area contributed by atoms with Crippen molar-refractivity contribution in [2.24, 2.45) is 0 Å². The number of amides is 1. The van der Waals surface area contributed by atoms with Gasteiger partial charge in [0.15, 0.2) is 0 Å². The van der Waals surface area contributed by atoms with Crippen LogP contribution in [0.15, 0.2) is 18.2 Å². The van der Waals surface area contributed by atoms with E-state index in [-0.39, 0.29) is 12.0 Å². The molecule has 1 aromatic carbocycles. The fraction of sp³-hybridized carbons (Fsp3) is 0.533. The maximum atomic E-state index is 11.4. The Hall–Kier alpha value is -1.35. The number of rotatable bonds is 4. The highest BCUT2D eigenvalue weighted by molar-refractivity contribution is 5.92. The predicted octanol–water partition coefficient (Wildman–Crippen LogP) is 3.19. The quantitative estimate of drug-likeness (QED) is 0.858. The van der Waals surface area contributed by atoms with Crippen LogP contribution in [-0.2, 0) is 11.2 Å². The molecule has 1 aromatic rings. The lowest BCUT2D eigenvalue weighted by molar-refractivity contribution is -0.116. The Morgan fingerprint density at radius 3 is 3.00 bits per heavy atom. The maximum Gasteiger partial charge on any atom is 0.224 e. The highest BCUT2D eigenvalue weighted by Crippen LogP contribution is 2.27. The van der Waals surface area contributed by atoms with Crippen molar-refractivity contribution in [1.82, 2.24) is 0 Å². The molecule has 0 saturated heterocycles. The summed E-state index contributed by atoms with van der Waals surface area (Å²) in [5, 5.41) is 13.0. The number of carbonyl (C=O) groups excluding carboxylic acids is 1. The third-order valence-corrected chi connectivity index (χ3v) is 3.47. The Labute approximate surface area is 108 Å². The molecule has 3 heteroatoms. The minimum absolute atomic E-state index is 0.0908. The molecule has 98 valence electrons. The minimum Gasteiger partial charge on any atom is -0.388 e. The molecule has 18 heavy (non-hydrogen) atoms. The van der Waals surface area contributed by atoms with Crippen LogP contribution in [0.25, 0.3) is 0 Å². The summed E-state index contributed by atoms with van der Waals surface area (Å²) in [5.74, 6) is 0.0908. The average Bonchev–Trinajstić information content (AvgIpc) is 2.55. The molecule has 2 rings (SSSR count). The summed E-state index contributed by atoms with van der Waals surface area (Å²) < 4.78 is 0.